The molecule has 2 aromatic rings. The van der Waals surface area contributed by atoms with Gasteiger partial charge in [0.2, 0.25) is 0 Å². The van der Waals surface area contributed by atoms with Gasteiger partial charge in [-0.25, -0.2) is 4.98 Å². The molecule has 1 amide bonds. The number of aryl methyl sites for hydroxylation is 2. The van der Waals surface area contributed by atoms with E-state index in [1.54, 1.807) is 31.4 Å². The minimum absolute atomic E-state index is 0.0211. The van der Waals surface area contributed by atoms with Crippen molar-refractivity contribution in [2.75, 3.05) is 5.32 Å². The van der Waals surface area contributed by atoms with Crippen LogP contribution in [-0.4, -0.2) is 15.8 Å². The van der Waals surface area contributed by atoms with Crippen LogP contribution in [0.2, 0.25) is 0 Å². The molecule has 19 heavy (non-hydrogen) atoms. The van der Waals surface area contributed by atoms with Crippen LogP contribution >= 0.6 is 11.3 Å². The molecular weight excluding hydrogens is 266 g/mol. The number of carbonyl (C=O) groups excluding carboxylic acids is 1. The molecule has 0 saturated carbocycles. The number of nitro benzene ring substituents is 1. The van der Waals surface area contributed by atoms with E-state index in [1.165, 1.54) is 17.4 Å². The number of carbonyl (C=O) groups is 1. The van der Waals surface area contributed by atoms with Crippen LogP contribution in [0, 0.1) is 24.0 Å². The summed E-state index contributed by atoms with van der Waals surface area (Å²) in [5, 5.41) is 15.8. The van der Waals surface area contributed by atoms with Crippen LogP contribution in [0.1, 0.15) is 21.1 Å². The quantitative estimate of drug-likeness (QED) is 0.690. The van der Waals surface area contributed by atoms with Crippen molar-refractivity contribution in [2.45, 2.75) is 13.8 Å². The fourth-order valence-corrected chi connectivity index (χ4v) is 2.14. The number of anilines is 1. The van der Waals surface area contributed by atoms with Gasteiger partial charge in [-0.1, -0.05) is 6.07 Å². The average molecular weight is 277 g/mol. The number of amides is 1. The molecule has 0 radical (unpaired) electrons. The van der Waals surface area contributed by atoms with Crippen LogP contribution in [0.3, 0.4) is 0 Å². The predicted octanol–water partition coefficient (Wildman–Crippen LogP) is 2.92. The Morgan fingerprint density at radius 3 is 2.74 bits per heavy atom. The maximum atomic E-state index is 11.9. The number of nitrogens with zero attached hydrogens (tertiary/aromatic N) is 2. The van der Waals surface area contributed by atoms with Crippen molar-refractivity contribution in [2.24, 2.45) is 0 Å². The van der Waals surface area contributed by atoms with Gasteiger partial charge in [-0.3, -0.25) is 14.9 Å². The molecule has 7 heteroatoms. The fourth-order valence-electron chi connectivity index (χ4n) is 1.55. The highest BCUT2D eigenvalue weighted by molar-refractivity contribution is 7.09. The molecule has 98 valence electrons. The SMILES string of the molecule is Cc1nc(C(=O)Nc2ccc(C)c([N+](=O)[O-])c2)cs1. The number of nitrogens with one attached hydrogen (secondary N) is 1. The second kappa shape index (κ2) is 5.15. The van der Waals surface area contributed by atoms with E-state index in [1.807, 2.05) is 0 Å². The second-order valence-corrected chi connectivity index (χ2v) is 5.03. The average Bonchev–Trinajstić information content (AvgIpc) is 2.78. The first-order valence-electron chi connectivity index (χ1n) is 5.46. The Morgan fingerprint density at radius 1 is 1.42 bits per heavy atom. The maximum Gasteiger partial charge on any atom is 0.275 e. The third-order valence-corrected chi connectivity index (χ3v) is 3.29. The zero-order valence-electron chi connectivity index (χ0n) is 10.3. The Balaban J connectivity index is 2.22. The fraction of sp³-hybridized carbons (Fsp3) is 0.167. The number of aromatic nitrogens is 1. The van der Waals surface area contributed by atoms with Gasteiger partial charge in [0.15, 0.2) is 0 Å². The van der Waals surface area contributed by atoms with Crippen LogP contribution in [0.4, 0.5) is 11.4 Å². The number of hydrogen-bond acceptors (Lipinski definition) is 5. The zero-order chi connectivity index (χ0) is 14.0. The van der Waals surface area contributed by atoms with Gasteiger partial charge < -0.3 is 5.32 Å². The highest BCUT2D eigenvalue weighted by Crippen LogP contribution is 2.22. The number of rotatable bonds is 3. The highest BCUT2D eigenvalue weighted by Gasteiger charge is 2.14. The Hall–Kier alpha value is -2.28. The van der Waals surface area contributed by atoms with Gasteiger partial charge in [0.25, 0.3) is 11.6 Å². The van der Waals surface area contributed by atoms with Crippen molar-refractivity contribution in [3.8, 4) is 0 Å². The summed E-state index contributed by atoms with van der Waals surface area (Å²) in [6, 6.07) is 4.56. The van der Waals surface area contributed by atoms with E-state index in [0.717, 1.165) is 5.01 Å². The standard InChI is InChI=1S/C12H11N3O3S/c1-7-3-4-9(5-11(7)15(17)18)14-12(16)10-6-19-8(2)13-10/h3-6H,1-2H3,(H,14,16). The largest absolute Gasteiger partial charge is 0.320 e. The molecule has 0 spiro atoms. The molecule has 0 unspecified atom stereocenters. The summed E-state index contributed by atoms with van der Waals surface area (Å²) in [4.78, 5) is 26.3. The first-order valence-corrected chi connectivity index (χ1v) is 6.34. The molecule has 0 bridgehead atoms. The summed E-state index contributed by atoms with van der Waals surface area (Å²) in [6.45, 7) is 3.45. The minimum atomic E-state index is -0.474. The van der Waals surface area contributed by atoms with Crippen LogP contribution in [-0.2, 0) is 0 Å². The number of thiazole rings is 1. The van der Waals surface area contributed by atoms with Crippen molar-refractivity contribution in [1.29, 1.82) is 0 Å². The summed E-state index contributed by atoms with van der Waals surface area (Å²) in [5.74, 6) is -0.373. The van der Waals surface area contributed by atoms with Crippen LogP contribution in [0.15, 0.2) is 23.6 Å². The maximum absolute atomic E-state index is 11.9. The van der Waals surface area contributed by atoms with Gasteiger partial charge in [0.05, 0.1) is 9.93 Å². The summed E-state index contributed by atoms with van der Waals surface area (Å²) in [7, 11) is 0. The first kappa shape index (κ1) is 13.2. The Morgan fingerprint density at radius 2 is 2.16 bits per heavy atom. The number of benzene rings is 1. The summed E-state index contributed by atoms with van der Waals surface area (Å²) >= 11 is 1.37. The third-order valence-electron chi connectivity index (χ3n) is 2.52. The smallest absolute Gasteiger partial charge is 0.275 e. The molecule has 6 nitrogen and oxygen atoms in total. The predicted molar refractivity (Wildman–Crippen MR) is 72.6 cm³/mol. The van der Waals surface area contributed by atoms with E-state index >= 15 is 0 Å². The van der Waals surface area contributed by atoms with E-state index in [0.29, 0.717) is 16.9 Å². The van der Waals surface area contributed by atoms with E-state index < -0.39 is 4.92 Å². The Kier molecular flexibility index (Phi) is 3.57. The van der Waals surface area contributed by atoms with Crippen LogP contribution in [0.25, 0.3) is 0 Å². The lowest BCUT2D eigenvalue weighted by molar-refractivity contribution is -0.385. The molecule has 0 atom stereocenters. The lowest BCUT2D eigenvalue weighted by atomic mass is 10.2. The lowest BCUT2D eigenvalue weighted by Crippen LogP contribution is -2.12. The van der Waals surface area contributed by atoms with E-state index in [9.17, 15) is 14.9 Å². The molecule has 1 heterocycles. The zero-order valence-corrected chi connectivity index (χ0v) is 11.2. The molecule has 0 aliphatic heterocycles. The van der Waals surface area contributed by atoms with Crippen molar-refractivity contribution in [1.82, 2.24) is 4.98 Å². The summed E-state index contributed by atoms with van der Waals surface area (Å²) in [6.07, 6.45) is 0. The molecule has 1 aromatic heterocycles. The molecule has 0 aliphatic rings. The van der Waals surface area contributed by atoms with Crippen LogP contribution in [0.5, 0.6) is 0 Å². The van der Waals surface area contributed by atoms with Gasteiger partial charge in [0, 0.05) is 22.7 Å². The van der Waals surface area contributed by atoms with Gasteiger partial charge in [-0.2, -0.15) is 0 Å². The first-order chi connectivity index (χ1) is 8.97. The second-order valence-electron chi connectivity index (χ2n) is 3.96. The van der Waals surface area contributed by atoms with Gasteiger partial charge in [-0.05, 0) is 19.9 Å². The summed E-state index contributed by atoms with van der Waals surface area (Å²) in [5.41, 5.74) is 1.22. The minimum Gasteiger partial charge on any atom is -0.320 e. The molecule has 0 fully saturated rings. The number of nitro groups is 1. The van der Waals surface area contributed by atoms with Gasteiger partial charge >= 0.3 is 0 Å². The van der Waals surface area contributed by atoms with Crippen molar-refractivity contribution in [3.63, 3.8) is 0 Å². The van der Waals surface area contributed by atoms with Gasteiger partial charge in [0.1, 0.15) is 5.69 Å². The normalized spacial score (nSPS) is 10.2. The molecule has 0 aliphatic carbocycles. The van der Waals surface area contributed by atoms with E-state index in [2.05, 4.69) is 10.3 Å². The topological polar surface area (TPSA) is 85.1 Å². The third kappa shape index (κ3) is 2.94. The van der Waals surface area contributed by atoms with E-state index in [4.69, 9.17) is 0 Å². The monoisotopic (exact) mass is 277 g/mol. The van der Waals surface area contributed by atoms with Gasteiger partial charge in [-0.15, -0.1) is 11.3 Å². The molecule has 1 N–H and O–H groups in total. The highest BCUT2D eigenvalue weighted by atomic mass is 32.1. The van der Waals surface area contributed by atoms with Crippen molar-refractivity contribution in [3.05, 3.63) is 50.0 Å². The lowest BCUT2D eigenvalue weighted by Gasteiger charge is -2.04. The molecular formula is C12H11N3O3S. The number of hydrogen-bond donors (Lipinski definition) is 1. The molecule has 2 rings (SSSR count). The Bertz CT molecular complexity index is 651. The summed E-state index contributed by atoms with van der Waals surface area (Å²) < 4.78 is 0. The van der Waals surface area contributed by atoms with Crippen LogP contribution < -0.4 is 5.32 Å². The molecule has 0 saturated heterocycles. The van der Waals surface area contributed by atoms with E-state index in [-0.39, 0.29) is 11.6 Å². The molecule has 1 aromatic carbocycles. The van der Waals surface area contributed by atoms with Crippen molar-refractivity contribution >= 4 is 28.6 Å². The Labute approximate surface area is 113 Å². The van der Waals surface area contributed by atoms with Crippen molar-refractivity contribution < 1.29 is 9.72 Å².